The normalized spacial score (nSPS) is 14.8. The van der Waals surface area contributed by atoms with Crippen molar-refractivity contribution in [3.05, 3.63) is 108 Å². The summed E-state index contributed by atoms with van der Waals surface area (Å²) < 4.78 is 7.85. The van der Waals surface area contributed by atoms with Crippen LogP contribution in [-0.2, 0) is 16.2 Å². The smallest absolute Gasteiger partial charge is 0.335 e. The van der Waals surface area contributed by atoms with E-state index < -0.39 is 17.8 Å². The molecule has 0 aliphatic carbocycles. The quantitative estimate of drug-likeness (QED) is 0.138. The monoisotopic (exact) mass is 728 g/mol. The molecule has 4 aromatic carbocycles. The van der Waals surface area contributed by atoms with Gasteiger partial charge in [0.15, 0.2) is 0 Å². The number of aryl methyl sites for hydroxylation is 2. The van der Waals surface area contributed by atoms with Crippen molar-refractivity contribution in [2.24, 2.45) is 0 Å². The van der Waals surface area contributed by atoms with Crippen molar-refractivity contribution >= 4 is 85.6 Å². The number of urea groups is 1. The van der Waals surface area contributed by atoms with Crippen LogP contribution in [0.2, 0.25) is 0 Å². The number of benzene rings is 4. The number of ether oxygens (including phenoxy) is 1. The van der Waals surface area contributed by atoms with Gasteiger partial charge in [-0.1, -0.05) is 42.5 Å². The van der Waals surface area contributed by atoms with Crippen LogP contribution in [0.25, 0.3) is 16.8 Å². The molecule has 38 heavy (non-hydrogen) atoms. The van der Waals surface area contributed by atoms with E-state index in [-0.39, 0.29) is 5.57 Å². The summed E-state index contributed by atoms with van der Waals surface area (Å²) in [6.45, 7) is 4.26. The molecule has 1 N–H and O–H groups in total. The molecular formula is C30H22I2N2O4. The van der Waals surface area contributed by atoms with E-state index in [9.17, 15) is 14.4 Å². The highest BCUT2D eigenvalue weighted by Gasteiger charge is 2.37. The average Bonchev–Trinajstić information content (AvgIpc) is 2.88. The van der Waals surface area contributed by atoms with Gasteiger partial charge in [-0.2, -0.15) is 0 Å². The highest BCUT2D eigenvalue weighted by atomic mass is 127. The van der Waals surface area contributed by atoms with Crippen LogP contribution in [0.3, 0.4) is 0 Å². The highest BCUT2D eigenvalue weighted by Crippen LogP contribution is 2.32. The van der Waals surface area contributed by atoms with Crippen LogP contribution in [0.4, 0.5) is 10.5 Å². The second kappa shape index (κ2) is 10.9. The summed E-state index contributed by atoms with van der Waals surface area (Å²) in [6.07, 6.45) is 1.51. The Hall–Kier alpha value is -3.25. The van der Waals surface area contributed by atoms with Crippen LogP contribution in [-0.4, -0.2) is 17.8 Å². The summed E-state index contributed by atoms with van der Waals surface area (Å²) in [5, 5.41) is 4.62. The summed E-state index contributed by atoms with van der Waals surface area (Å²) in [6, 6.07) is 22.7. The minimum Gasteiger partial charge on any atom is -0.487 e. The van der Waals surface area contributed by atoms with Gasteiger partial charge in [0.1, 0.15) is 17.9 Å². The lowest BCUT2D eigenvalue weighted by Gasteiger charge is -2.27. The molecule has 0 radical (unpaired) electrons. The van der Waals surface area contributed by atoms with Gasteiger partial charge in [-0.3, -0.25) is 14.9 Å². The number of imide groups is 2. The molecule has 1 saturated heterocycles. The zero-order valence-electron chi connectivity index (χ0n) is 20.5. The fourth-order valence-corrected chi connectivity index (χ4v) is 6.34. The Kier molecular flexibility index (Phi) is 7.53. The van der Waals surface area contributed by atoms with Crippen LogP contribution >= 0.6 is 45.2 Å². The molecule has 4 aromatic rings. The largest absolute Gasteiger partial charge is 0.487 e. The van der Waals surface area contributed by atoms with Gasteiger partial charge in [-0.25, -0.2) is 9.69 Å². The molecule has 6 nitrogen and oxygen atoms in total. The molecule has 8 heteroatoms. The van der Waals surface area contributed by atoms with E-state index in [0.717, 1.165) is 39.9 Å². The molecule has 0 atom stereocenters. The molecule has 1 heterocycles. The first kappa shape index (κ1) is 26.4. The highest BCUT2D eigenvalue weighted by molar-refractivity contribution is 14.1. The van der Waals surface area contributed by atoms with Crippen molar-refractivity contribution in [2.45, 2.75) is 20.5 Å². The number of rotatable bonds is 5. The van der Waals surface area contributed by atoms with Crippen LogP contribution in [0.15, 0.2) is 78.4 Å². The maximum atomic E-state index is 13.3. The third-order valence-corrected chi connectivity index (χ3v) is 7.98. The summed E-state index contributed by atoms with van der Waals surface area (Å²) in [4.78, 5) is 39.5. The first-order chi connectivity index (χ1) is 18.2. The van der Waals surface area contributed by atoms with Crippen molar-refractivity contribution in [3.63, 3.8) is 0 Å². The fourth-order valence-electron chi connectivity index (χ4n) is 4.21. The molecule has 0 saturated carbocycles. The van der Waals surface area contributed by atoms with E-state index >= 15 is 0 Å². The summed E-state index contributed by atoms with van der Waals surface area (Å²) in [5.74, 6) is -0.654. The lowest BCUT2D eigenvalue weighted by molar-refractivity contribution is -0.122. The third kappa shape index (κ3) is 5.32. The molecule has 0 spiro atoms. The molecule has 1 aliphatic rings. The van der Waals surface area contributed by atoms with Crippen molar-refractivity contribution < 1.29 is 19.1 Å². The Morgan fingerprint density at radius 2 is 1.55 bits per heavy atom. The number of amides is 4. The minimum absolute atomic E-state index is 0.112. The Morgan fingerprint density at radius 3 is 2.26 bits per heavy atom. The molecule has 5 rings (SSSR count). The van der Waals surface area contributed by atoms with Crippen molar-refractivity contribution in [1.29, 1.82) is 0 Å². The number of carbonyl (C=O) groups is 3. The number of nitrogens with one attached hydrogen (secondary N) is 1. The zero-order valence-corrected chi connectivity index (χ0v) is 24.9. The van der Waals surface area contributed by atoms with Gasteiger partial charge in [-0.15, -0.1) is 0 Å². The van der Waals surface area contributed by atoms with Gasteiger partial charge in [0.2, 0.25) is 0 Å². The fraction of sp³-hybridized carbons (Fsp3) is 0.100. The number of nitrogens with zero attached hydrogens (tertiary/aromatic N) is 1. The molecule has 4 amide bonds. The molecule has 1 aliphatic heterocycles. The molecule has 1 fully saturated rings. The van der Waals surface area contributed by atoms with E-state index in [1.165, 1.54) is 11.5 Å². The first-order valence-electron chi connectivity index (χ1n) is 11.8. The van der Waals surface area contributed by atoms with Crippen molar-refractivity contribution in [2.75, 3.05) is 4.90 Å². The van der Waals surface area contributed by atoms with E-state index in [1.54, 1.807) is 12.1 Å². The lowest BCUT2D eigenvalue weighted by atomic mass is 10.0. The van der Waals surface area contributed by atoms with Gasteiger partial charge in [0.05, 0.1) is 12.8 Å². The third-order valence-electron chi connectivity index (χ3n) is 6.38. The van der Waals surface area contributed by atoms with E-state index in [2.05, 4.69) is 80.8 Å². The van der Waals surface area contributed by atoms with Gasteiger partial charge >= 0.3 is 6.03 Å². The average molecular weight is 728 g/mol. The Balaban J connectivity index is 1.40. The summed E-state index contributed by atoms with van der Waals surface area (Å²) in [7, 11) is 0. The van der Waals surface area contributed by atoms with Crippen LogP contribution in [0, 0.1) is 21.0 Å². The van der Waals surface area contributed by atoms with E-state index in [0.29, 0.717) is 17.9 Å². The number of halogens is 2. The Labute approximate surface area is 247 Å². The number of hydrogen-bond donors (Lipinski definition) is 1. The molecule has 0 aromatic heterocycles. The van der Waals surface area contributed by atoms with E-state index in [4.69, 9.17) is 4.74 Å². The Bertz CT molecular complexity index is 1640. The van der Waals surface area contributed by atoms with Crippen LogP contribution < -0.4 is 15.0 Å². The Morgan fingerprint density at radius 1 is 0.842 bits per heavy atom. The van der Waals surface area contributed by atoms with Crippen LogP contribution in [0.1, 0.15) is 22.3 Å². The van der Waals surface area contributed by atoms with Gasteiger partial charge in [0, 0.05) is 0 Å². The maximum Gasteiger partial charge on any atom is 0.335 e. The number of carbonyl (C=O) groups excluding carboxylic acids is 3. The maximum absolute atomic E-state index is 13.3. The predicted octanol–water partition coefficient (Wildman–Crippen LogP) is 6.91. The number of barbiturate groups is 1. The van der Waals surface area contributed by atoms with Crippen LogP contribution in [0.5, 0.6) is 5.75 Å². The number of fused-ring (bicyclic) bond motifs is 1. The predicted molar refractivity (Wildman–Crippen MR) is 165 cm³/mol. The molecular weight excluding hydrogens is 706 g/mol. The molecule has 0 bridgehead atoms. The van der Waals surface area contributed by atoms with Gasteiger partial charge in [0.25, 0.3) is 11.8 Å². The zero-order chi connectivity index (χ0) is 27.0. The summed E-state index contributed by atoms with van der Waals surface area (Å²) >= 11 is 4.38. The van der Waals surface area contributed by atoms with Crippen molar-refractivity contribution in [3.8, 4) is 5.75 Å². The summed E-state index contributed by atoms with van der Waals surface area (Å²) in [5.41, 5.74) is 3.99. The molecule has 0 unspecified atom stereocenters. The van der Waals surface area contributed by atoms with Gasteiger partial charge in [-0.05, 0) is 128 Å². The minimum atomic E-state index is -0.762. The second-order valence-electron chi connectivity index (χ2n) is 9.01. The number of hydrogen-bond acceptors (Lipinski definition) is 4. The standard InChI is InChI=1S/C30H22I2N2O4/c1-17-7-10-23(11-18(17)2)34-29(36)24(28(35)33-30(34)37)13-20-14-25(31)27(26(32)15-20)38-16-19-8-9-21-5-3-4-6-22(21)12-19/h3-15H,16H2,1-2H3,(H,33,35,37)/b24-13+. The lowest BCUT2D eigenvalue weighted by Crippen LogP contribution is -2.54. The number of anilines is 1. The second-order valence-corrected chi connectivity index (χ2v) is 11.3. The first-order valence-corrected chi connectivity index (χ1v) is 14.0. The molecule has 190 valence electrons. The SMILES string of the molecule is Cc1ccc(N2C(=O)NC(=O)/C(=C\c3cc(I)c(OCc4ccc5ccccc5c4)c(I)c3)C2=O)cc1C. The van der Waals surface area contributed by atoms with Gasteiger partial charge < -0.3 is 4.74 Å². The topological polar surface area (TPSA) is 75.7 Å². The van der Waals surface area contributed by atoms with E-state index in [1.807, 2.05) is 44.2 Å². The van der Waals surface area contributed by atoms with Crippen molar-refractivity contribution in [1.82, 2.24) is 5.32 Å².